The lowest BCUT2D eigenvalue weighted by atomic mass is 10.1. The number of nitrogens with one attached hydrogen (secondary N) is 2. The molecule has 1 aliphatic heterocycles. The first-order valence-corrected chi connectivity index (χ1v) is 12.6. The topological polar surface area (TPSA) is 154 Å². The van der Waals surface area contributed by atoms with Crippen molar-refractivity contribution in [2.45, 2.75) is 44.9 Å². The van der Waals surface area contributed by atoms with Crippen molar-refractivity contribution in [3.63, 3.8) is 0 Å². The van der Waals surface area contributed by atoms with E-state index in [1.165, 1.54) is 0 Å². The number of carbonyl (C=O) groups is 4. The van der Waals surface area contributed by atoms with Gasteiger partial charge >= 0.3 is 11.9 Å². The molecule has 0 radical (unpaired) electrons. The van der Waals surface area contributed by atoms with Crippen molar-refractivity contribution >= 4 is 23.8 Å². The van der Waals surface area contributed by atoms with Gasteiger partial charge in [0.2, 0.25) is 0 Å². The van der Waals surface area contributed by atoms with Crippen LogP contribution < -0.4 is 16.4 Å². The van der Waals surface area contributed by atoms with Gasteiger partial charge in [0.1, 0.15) is 0 Å². The Hall–Kier alpha value is -2.86. The SMILES string of the molecule is NCCNCCCN(CCNCCCCCc1ccc(C(=O)ON2C(=O)CCC2=O)cc1)CC(=O)O. The van der Waals surface area contributed by atoms with Crippen molar-refractivity contribution in [3.05, 3.63) is 35.4 Å². The summed E-state index contributed by atoms with van der Waals surface area (Å²) in [4.78, 5) is 53.2. The van der Waals surface area contributed by atoms with E-state index < -0.39 is 23.8 Å². The molecule has 0 aliphatic carbocycles. The van der Waals surface area contributed by atoms with Crippen LogP contribution in [0, 0.1) is 0 Å². The molecule has 1 aromatic rings. The molecule has 11 heteroatoms. The maximum atomic E-state index is 12.2. The number of hydrogen-bond acceptors (Lipinski definition) is 9. The fourth-order valence-corrected chi connectivity index (χ4v) is 3.83. The zero-order chi connectivity index (χ0) is 26.2. The van der Waals surface area contributed by atoms with E-state index in [0.29, 0.717) is 23.7 Å². The molecule has 0 spiro atoms. The first-order valence-electron chi connectivity index (χ1n) is 12.6. The second-order valence-electron chi connectivity index (χ2n) is 8.78. The van der Waals surface area contributed by atoms with Crippen molar-refractivity contribution < 1.29 is 29.1 Å². The third-order valence-corrected chi connectivity index (χ3v) is 5.80. The number of nitrogens with zero attached hydrogens (tertiary/aromatic N) is 2. The van der Waals surface area contributed by atoms with E-state index in [-0.39, 0.29) is 19.4 Å². The van der Waals surface area contributed by atoms with Crippen LogP contribution >= 0.6 is 0 Å². The van der Waals surface area contributed by atoms with Gasteiger partial charge in [0, 0.05) is 39.0 Å². The number of carbonyl (C=O) groups excluding carboxylic acids is 3. The first kappa shape index (κ1) is 29.4. The summed E-state index contributed by atoms with van der Waals surface area (Å²) in [5.74, 6) is -2.53. The van der Waals surface area contributed by atoms with Gasteiger partial charge in [0.15, 0.2) is 0 Å². The Morgan fingerprint density at radius 3 is 2.25 bits per heavy atom. The van der Waals surface area contributed by atoms with Crippen LogP contribution in [0.25, 0.3) is 0 Å². The smallest absolute Gasteiger partial charge is 0.363 e. The summed E-state index contributed by atoms with van der Waals surface area (Å²) in [6, 6.07) is 6.99. The van der Waals surface area contributed by atoms with Crippen LogP contribution in [-0.4, -0.2) is 91.2 Å². The molecule has 1 aromatic carbocycles. The molecule has 1 fully saturated rings. The van der Waals surface area contributed by atoms with Crippen LogP contribution in [0.4, 0.5) is 0 Å². The number of carboxylic acids is 1. The molecule has 2 amide bonds. The molecular formula is C25H39N5O6. The predicted octanol–water partition coefficient (Wildman–Crippen LogP) is 0.535. The molecule has 1 heterocycles. The van der Waals surface area contributed by atoms with Crippen molar-refractivity contribution in [3.8, 4) is 0 Å². The Morgan fingerprint density at radius 1 is 0.917 bits per heavy atom. The monoisotopic (exact) mass is 505 g/mol. The number of nitrogens with two attached hydrogens (primary N) is 1. The minimum Gasteiger partial charge on any atom is -0.480 e. The number of imide groups is 1. The van der Waals surface area contributed by atoms with Gasteiger partial charge in [-0.15, -0.1) is 5.06 Å². The van der Waals surface area contributed by atoms with Gasteiger partial charge in [0.05, 0.1) is 12.1 Å². The van der Waals surface area contributed by atoms with Crippen molar-refractivity contribution in [1.82, 2.24) is 20.6 Å². The number of carboxylic acid groups (broad SMARTS) is 1. The largest absolute Gasteiger partial charge is 0.480 e. The van der Waals surface area contributed by atoms with Gasteiger partial charge < -0.3 is 26.3 Å². The number of aliphatic carboxylic acids is 1. The lowest BCUT2D eigenvalue weighted by molar-refractivity contribution is -0.172. The number of benzene rings is 1. The highest BCUT2D eigenvalue weighted by Gasteiger charge is 2.33. The molecule has 1 aliphatic rings. The number of rotatable bonds is 19. The molecule has 200 valence electrons. The third-order valence-electron chi connectivity index (χ3n) is 5.80. The number of aryl methyl sites for hydroxylation is 1. The Balaban J connectivity index is 1.56. The molecule has 0 unspecified atom stereocenters. The van der Waals surface area contributed by atoms with Crippen LogP contribution in [0.15, 0.2) is 24.3 Å². The van der Waals surface area contributed by atoms with Crippen LogP contribution in [0.3, 0.4) is 0 Å². The molecular weight excluding hydrogens is 466 g/mol. The number of hydroxylamine groups is 2. The highest BCUT2D eigenvalue weighted by molar-refractivity contribution is 6.02. The van der Waals surface area contributed by atoms with Crippen molar-refractivity contribution in [2.24, 2.45) is 5.73 Å². The molecule has 0 bridgehead atoms. The molecule has 36 heavy (non-hydrogen) atoms. The van der Waals surface area contributed by atoms with E-state index in [2.05, 4.69) is 10.6 Å². The maximum Gasteiger partial charge on any atom is 0.363 e. The van der Waals surface area contributed by atoms with E-state index in [1.54, 1.807) is 12.1 Å². The van der Waals surface area contributed by atoms with E-state index in [0.717, 1.165) is 70.4 Å². The van der Waals surface area contributed by atoms with Crippen LogP contribution in [-0.2, 0) is 25.6 Å². The normalized spacial score (nSPS) is 13.6. The van der Waals surface area contributed by atoms with E-state index in [1.807, 2.05) is 17.0 Å². The molecule has 5 N–H and O–H groups in total. The molecule has 11 nitrogen and oxygen atoms in total. The number of hydrogen-bond donors (Lipinski definition) is 4. The highest BCUT2D eigenvalue weighted by atomic mass is 16.7. The molecule has 0 atom stereocenters. The van der Waals surface area contributed by atoms with Gasteiger partial charge in [-0.25, -0.2) is 4.79 Å². The van der Waals surface area contributed by atoms with Crippen LogP contribution in [0.1, 0.15) is 54.4 Å². The summed E-state index contributed by atoms with van der Waals surface area (Å²) in [6.45, 7) is 5.28. The van der Waals surface area contributed by atoms with Crippen LogP contribution in [0.5, 0.6) is 0 Å². The minimum absolute atomic E-state index is 0.0452. The second kappa shape index (κ2) is 16.7. The summed E-state index contributed by atoms with van der Waals surface area (Å²) < 4.78 is 0. The lowest BCUT2D eigenvalue weighted by Gasteiger charge is -2.20. The maximum absolute atomic E-state index is 12.2. The second-order valence-corrected chi connectivity index (χ2v) is 8.78. The Labute approximate surface area is 212 Å². The molecule has 0 aromatic heterocycles. The zero-order valence-electron chi connectivity index (χ0n) is 20.9. The minimum atomic E-state index is -0.813. The summed E-state index contributed by atoms with van der Waals surface area (Å²) >= 11 is 0. The molecule has 0 saturated carbocycles. The fraction of sp³-hybridized carbons (Fsp3) is 0.600. The van der Waals surface area contributed by atoms with Gasteiger partial charge in [-0.2, -0.15) is 0 Å². The highest BCUT2D eigenvalue weighted by Crippen LogP contribution is 2.15. The van der Waals surface area contributed by atoms with Gasteiger partial charge in [-0.3, -0.25) is 19.3 Å². The zero-order valence-corrected chi connectivity index (χ0v) is 20.9. The standard InChI is InChI=1S/C25H39N5O6/c26-12-15-27-14-4-17-29(19-24(33)34)18-16-28-13-3-1-2-5-20-6-8-21(9-7-20)25(35)36-30-22(31)10-11-23(30)32/h6-9,27-28H,1-5,10-19,26H2,(H,33,34). The summed E-state index contributed by atoms with van der Waals surface area (Å²) in [5.41, 5.74) is 6.83. The summed E-state index contributed by atoms with van der Waals surface area (Å²) in [5, 5.41) is 16.2. The summed E-state index contributed by atoms with van der Waals surface area (Å²) in [6.07, 6.45) is 4.96. The van der Waals surface area contributed by atoms with Gasteiger partial charge in [-0.1, -0.05) is 18.6 Å². The summed E-state index contributed by atoms with van der Waals surface area (Å²) in [7, 11) is 0. The number of unbranched alkanes of at least 4 members (excludes halogenated alkanes) is 2. The van der Waals surface area contributed by atoms with Crippen molar-refractivity contribution in [1.29, 1.82) is 0 Å². The molecule has 1 saturated heterocycles. The first-order chi connectivity index (χ1) is 17.4. The Morgan fingerprint density at radius 2 is 1.58 bits per heavy atom. The van der Waals surface area contributed by atoms with E-state index in [9.17, 15) is 19.2 Å². The third kappa shape index (κ3) is 11.3. The molecule has 2 rings (SSSR count). The van der Waals surface area contributed by atoms with E-state index in [4.69, 9.17) is 15.7 Å². The fourth-order valence-electron chi connectivity index (χ4n) is 3.83. The lowest BCUT2D eigenvalue weighted by Crippen LogP contribution is -2.37. The van der Waals surface area contributed by atoms with E-state index >= 15 is 0 Å². The average molecular weight is 506 g/mol. The van der Waals surface area contributed by atoms with Gasteiger partial charge in [-0.05, 0) is 63.0 Å². The van der Waals surface area contributed by atoms with Gasteiger partial charge in [0.25, 0.3) is 11.8 Å². The van der Waals surface area contributed by atoms with Crippen molar-refractivity contribution in [2.75, 3.05) is 52.4 Å². The quantitative estimate of drug-likeness (QED) is 0.155. The van der Waals surface area contributed by atoms with Crippen LogP contribution in [0.2, 0.25) is 0 Å². The Bertz CT molecular complexity index is 832. The number of amides is 2. The average Bonchev–Trinajstić information content (AvgIpc) is 3.17. The predicted molar refractivity (Wildman–Crippen MR) is 134 cm³/mol. The Kier molecular flexibility index (Phi) is 13.7.